The summed E-state index contributed by atoms with van der Waals surface area (Å²) in [6, 6.07) is 0. The van der Waals surface area contributed by atoms with Crippen molar-refractivity contribution in [2.45, 2.75) is 206 Å². The van der Waals surface area contributed by atoms with Crippen molar-refractivity contribution < 1.29 is 38.5 Å². The lowest BCUT2D eigenvalue weighted by molar-refractivity contribution is -0.140. The molecule has 0 bridgehead atoms. The molecule has 8 nitrogen and oxygen atoms in total. The van der Waals surface area contributed by atoms with Gasteiger partial charge in [0.1, 0.15) is 6.10 Å². The second kappa shape index (κ2) is 34.0. The summed E-state index contributed by atoms with van der Waals surface area (Å²) >= 11 is 0. The van der Waals surface area contributed by atoms with E-state index in [0.29, 0.717) is 12.8 Å². The van der Waals surface area contributed by atoms with Gasteiger partial charge >= 0.3 is 19.5 Å². The molecular weight excluding hydrogens is 627 g/mol. The zero-order valence-electron chi connectivity index (χ0n) is 30.8. The fraction of sp³-hybridized carbons (Fsp3) is 0.846. The van der Waals surface area contributed by atoms with Crippen LogP contribution in [-0.2, 0) is 23.2 Å². The van der Waals surface area contributed by atoms with Crippen LogP contribution in [0.4, 0.5) is 0 Å². The number of hydrogen-bond donors (Lipinski definition) is 3. The Morgan fingerprint density at radius 3 is 1.12 bits per heavy atom. The molecule has 282 valence electrons. The maximum Gasteiger partial charge on any atom is 0.466 e. The van der Waals surface area contributed by atoms with E-state index in [0.717, 1.165) is 77.0 Å². The summed E-state index contributed by atoms with van der Waals surface area (Å²) in [7, 11) is -4.74. The van der Waals surface area contributed by atoms with Crippen LogP contribution in [0.5, 0.6) is 0 Å². The number of carbonyl (C=O) groups is 2. The average Bonchev–Trinajstić information content (AvgIpc) is 3.07. The van der Waals surface area contributed by atoms with Gasteiger partial charge in [-0.3, -0.25) is 9.59 Å². The highest BCUT2D eigenvalue weighted by atomic mass is 31.2. The lowest BCUT2D eigenvalue weighted by Crippen LogP contribution is -2.32. The van der Waals surface area contributed by atoms with Gasteiger partial charge < -0.3 is 24.4 Å². The Morgan fingerprint density at radius 1 is 0.521 bits per heavy atom. The summed E-state index contributed by atoms with van der Waals surface area (Å²) in [5.41, 5.74) is 0. The maximum absolute atomic E-state index is 13.2. The Kier molecular flexibility index (Phi) is 33.0. The van der Waals surface area contributed by atoms with E-state index >= 15 is 0 Å². The van der Waals surface area contributed by atoms with Crippen LogP contribution in [-0.4, -0.2) is 45.8 Å². The zero-order valence-corrected chi connectivity index (χ0v) is 31.7. The van der Waals surface area contributed by atoms with Crippen molar-refractivity contribution in [3.8, 4) is 0 Å². The molecule has 0 radical (unpaired) electrons. The molecule has 0 amide bonds. The number of aliphatic hydroxyl groups is 3. The van der Waals surface area contributed by atoms with Crippen molar-refractivity contribution in [1.29, 1.82) is 0 Å². The Morgan fingerprint density at radius 2 is 0.812 bits per heavy atom. The van der Waals surface area contributed by atoms with Crippen LogP contribution in [0.1, 0.15) is 194 Å². The number of unbranched alkanes of at least 4 members (excludes halogenated alkanes) is 22. The number of aliphatic hydroxyl groups excluding tert-OH is 3. The molecule has 0 aromatic carbocycles. The van der Waals surface area contributed by atoms with E-state index in [1.165, 1.54) is 77.0 Å². The van der Waals surface area contributed by atoms with E-state index in [-0.39, 0.29) is 12.8 Å². The van der Waals surface area contributed by atoms with Crippen molar-refractivity contribution in [2.24, 2.45) is 0 Å². The lowest BCUT2D eigenvalue weighted by Gasteiger charge is -2.24. The highest BCUT2D eigenvalue weighted by molar-refractivity contribution is 7.55. The molecule has 0 rings (SSSR count). The highest BCUT2D eigenvalue weighted by Gasteiger charge is 2.45. The number of hydrogen-bond acceptors (Lipinski definition) is 8. The molecule has 48 heavy (non-hydrogen) atoms. The molecule has 0 spiro atoms. The van der Waals surface area contributed by atoms with Gasteiger partial charge in [0.2, 0.25) is 5.85 Å². The van der Waals surface area contributed by atoms with Crippen LogP contribution in [0.3, 0.4) is 0 Å². The Hall–Kier alpha value is -1.47. The van der Waals surface area contributed by atoms with Gasteiger partial charge in [-0.15, -0.1) is 0 Å². The number of allylic oxidation sites excluding steroid dienone is 4. The van der Waals surface area contributed by atoms with Crippen molar-refractivity contribution in [3.63, 3.8) is 0 Å². The van der Waals surface area contributed by atoms with Gasteiger partial charge in [-0.2, -0.15) is 0 Å². The first-order valence-electron chi connectivity index (χ1n) is 19.6. The predicted octanol–water partition coefficient (Wildman–Crippen LogP) is 11.0. The van der Waals surface area contributed by atoms with Gasteiger partial charge in [-0.05, 0) is 64.2 Å². The van der Waals surface area contributed by atoms with Gasteiger partial charge in [0.05, 0.1) is 6.61 Å². The second-order valence-corrected chi connectivity index (χ2v) is 15.3. The third-order valence-corrected chi connectivity index (χ3v) is 10.5. The smallest absolute Gasteiger partial charge is 0.394 e. The second-order valence-electron chi connectivity index (χ2n) is 13.3. The van der Waals surface area contributed by atoms with Gasteiger partial charge in [0.25, 0.3) is 0 Å². The first-order chi connectivity index (χ1) is 23.3. The molecule has 0 saturated heterocycles. The molecule has 0 aromatic heterocycles. The van der Waals surface area contributed by atoms with Gasteiger partial charge in [0, 0.05) is 12.8 Å². The Labute approximate surface area is 294 Å². The van der Waals surface area contributed by atoms with E-state index in [1.54, 1.807) is 0 Å². The third-order valence-electron chi connectivity index (χ3n) is 8.60. The molecule has 0 heterocycles. The van der Waals surface area contributed by atoms with E-state index in [9.17, 15) is 29.5 Å². The quantitative estimate of drug-likeness (QED) is 0.0338. The summed E-state index contributed by atoms with van der Waals surface area (Å²) < 4.78 is 23.2. The highest BCUT2D eigenvalue weighted by Crippen LogP contribution is 2.54. The normalized spacial score (nSPS) is 14.4. The predicted molar refractivity (Wildman–Crippen MR) is 198 cm³/mol. The summed E-state index contributed by atoms with van der Waals surface area (Å²) in [6.07, 6.45) is 36.0. The van der Waals surface area contributed by atoms with Crippen molar-refractivity contribution >= 4 is 19.5 Å². The molecular formula is C39H73O8P. The van der Waals surface area contributed by atoms with Crippen LogP contribution in [0.15, 0.2) is 24.3 Å². The zero-order chi connectivity index (χ0) is 35.6. The molecule has 9 heteroatoms. The van der Waals surface area contributed by atoms with Gasteiger partial charge in [-0.1, -0.05) is 141 Å². The van der Waals surface area contributed by atoms with E-state index in [1.807, 2.05) is 0 Å². The molecule has 0 saturated carbocycles. The molecule has 3 N–H and O–H groups in total. The van der Waals surface area contributed by atoms with E-state index < -0.39 is 38.1 Å². The SMILES string of the molecule is CCCCCCCCC=CCCCCCCCC(=O)OP(=O)(OC(=O)CCCCCCCC=CCCCCCCCC)C(O)C(O)CO. The average molecular weight is 701 g/mol. The minimum Gasteiger partial charge on any atom is -0.394 e. The molecule has 2 unspecified atom stereocenters. The molecule has 0 aliphatic heterocycles. The van der Waals surface area contributed by atoms with Crippen LogP contribution >= 0.6 is 7.60 Å². The molecule has 0 aliphatic carbocycles. The van der Waals surface area contributed by atoms with Crippen molar-refractivity contribution in [1.82, 2.24) is 0 Å². The van der Waals surface area contributed by atoms with Crippen molar-refractivity contribution in [3.05, 3.63) is 24.3 Å². The fourth-order valence-electron chi connectivity index (χ4n) is 5.49. The summed E-state index contributed by atoms with van der Waals surface area (Å²) in [5, 5.41) is 29.4. The third kappa shape index (κ3) is 28.4. The first kappa shape index (κ1) is 46.5. The molecule has 2 atom stereocenters. The lowest BCUT2D eigenvalue weighted by atomic mass is 10.1. The standard InChI is InChI=1S/C39H73O8P/c1-3-5-7-9-11-13-15-17-19-21-23-25-27-29-31-33-37(42)46-48(45,39(44)36(41)35-40)47-38(43)34-32-30-28-26-24-22-20-18-16-14-12-10-8-6-4-2/h17-20,36,39-41,44H,3-16,21-35H2,1-2H3. The monoisotopic (exact) mass is 701 g/mol. The number of rotatable bonds is 35. The first-order valence-corrected chi connectivity index (χ1v) is 21.2. The van der Waals surface area contributed by atoms with Gasteiger partial charge in [0.15, 0.2) is 0 Å². The molecule has 0 fully saturated rings. The van der Waals surface area contributed by atoms with E-state index in [2.05, 4.69) is 38.2 Å². The molecule has 0 aliphatic rings. The minimum absolute atomic E-state index is 0.0458. The maximum atomic E-state index is 13.2. The summed E-state index contributed by atoms with van der Waals surface area (Å²) in [5.74, 6) is -3.94. The van der Waals surface area contributed by atoms with Crippen LogP contribution < -0.4 is 0 Å². The van der Waals surface area contributed by atoms with Crippen molar-refractivity contribution in [2.75, 3.05) is 6.61 Å². The Balaban J connectivity index is 4.18. The topological polar surface area (TPSA) is 130 Å². The Bertz CT molecular complexity index is 801. The fourth-order valence-corrected chi connectivity index (χ4v) is 7.01. The minimum atomic E-state index is -4.74. The number of carbonyl (C=O) groups excluding carboxylic acids is 2. The van der Waals surface area contributed by atoms with Crippen LogP contribution in [0, 0.1) is 0 Å². The summed E-state index contributed by atoms with van der Waals surface area (Å²) in [6.45, 7) is 3.54. The summed E-state index contributed by atoms with van der Waals surface area (Å²) in [4.78, 5) is 24.9. The molecule has 0 aromatic rings. The van der Waals surface area contributed by atoms with Gasteiger partial charge in [-0.25, -0.2) is 4.57 Å². The largest absolute Gasteiger partial charge is 0.466 e. The van der Waals surface area contributed by atoms with Crippen LogP contribution in [0.2, 0.25) is 0 Å². The van der Waals surface area contributed by atoms with E-state index in [4.69, 9.17) is 9.05 Å². The van der Waals surface area contributed by atoms with Crippen LogP contribution in [0.25, 0.3) is 0 Å².